The Kier molecular flexibility index (Phi) is 8.07. The average Bonchev–Trinajstić information content (AvgIpc) is 3.63. The summed E-state index contributed by atoms with van der Waals surface area (Å²) in [5, 5.41) is 23.2. The van der Waals surface area contributed by atoms with E-state index >= 15 is 0 Å². The van der Waals surface area contributed by atoms with Gasteiger partial charge < -0.3 is 10.2 Å². The molecule has 0 bridgehead atoms. The normalized spacial score (nSPS) is 20.5. The van der Waals surface area contributed by atoms with Gasteiger partial charge in [-0.15, -0.1) is 22.7 Å². The second-order valence-corrected chi connectivity index (χ2v) is 12.1. The molecule has 8 rings (SSSR count). The summed E-state index contributed by atoms with van der Waals surface area (Å²) in [6, 6.07) is 32.2. The largest absolute Gasteiger partial charge is 0.387 e. The van der Waals surface area contributed by atoms with Crippen LogP contribution < -0.4 is 0 Å². The molecule has 0 amide bonds. The van der Waals surface area contributed by atoms with E-state index in [1.807, 2.05) is 84.9 Å². The standard InChI is InChI=1S/2C17H13NOS.Zn/c2*19-16-12-6-2-1-5-11(12)9-10-13(16)17-18-14-7-3-4-8-15(14)20-17;/h2*1-10,13,16,19H;. The summed E-state index contributed by atoms with van der Waals surface area (Å²) in [4.78, 5) is 9.33. The maximum Gasteiger partial charge on any atom is 0.104 e. The predicted octanol–water partition coefficient (Wildman–Crippen LogP) is 8.28. The van der Waals surface area contributed by atoms with E-state index in [9.17, 15) is 10.2 Å². The van der Waals surface area contributed by atoms with E-state index in [0.29, 0.717) is 0 Å². The van der Waals surface area contributed by atoms with Crippen LogP contribution in [0.2, 0.25) is 0 Å². The van der Waals surface area contributed by atoms with Gasteiger partial charge in [-0.1, -0.05) is 97.1 Å². The molecule has 41 heavy (non-hydrogen) atoms. The average molecular weight is 624 g/mol. The van der Waals surface area contributed by atoms with Crippen molar-refractivity contribution in [1.29, 1.82) is 0 Å². The van der Waals surface area contributed by atoms with E-state index in [4.69, 9.17) is 0 Å². The first-order valence-corrected chi connectivity index (χ1v) is 14.9. The van der Waals surface area contributed by atoms with Crippen LogP contribution in [-0.2, 0) is 19.5 Å². The van der Waals surface area contributed by atoms with Crippen molar-refractivity contribution < 1.29 is 29.7 Å². The number of hydrogen-bond acceptors (Lipinski definition) is 6. The molecule has 0 fully saturated rings. The summed E-state index contributed by atoms with van der Waals surface area (Å²) in [7, 11) is 0. The molecule has 2 N–H and O–H groups in total. The summed E-state index contributed by atoms with van der Waals surface area (Å²) in [6.07, 6.45) is 7.25. The molecular weight excluding hydrogens is 598 g/mol. The molecule has 2 aromatic heterocycles. The van der Waals surface area contributed by atoms with E-state index in [0.717, 1.165) is 43.3 Å². The molecule has 6 aromatic rings. The van der Waals surface area contributed by atoms with Crippen molar-refractivity contribution in [3.8, 4) is 0 Å². The Morgan fingerprint density at radius 1 is 0.512 bits per heavy atom. The Morgan fingerprint density at radius 2 is 0.902 bits per heavy atom. The summed E-state index contributed by atoms with van der Waals surface area (Å²) >= 11 is 3.32. The number of aromatic nitrogens is 2. The molecule has 2 aliphatic rings. The topological polar surface area (TPSA) is 66.2 Å². The van der Waals surface area contributed by atoms with Crippen LogP contribution in [0.1, 0.15) is 56.3 Å². The summed E-state index contributed by atoms with van der Waals surface area (Å²) in [6.45, 7) is 0. The number of aliphatic hydroxyl groups excluding tert-OH is 2. The third kappa shape index (κ3) is 5.37. The predicted molar refractivity (Wildman–Crippen MR) is 166 cm³/mol. The van der Waals surface area contributed by atoms with Gasteiger partial charge in [-0.2, -0.15) is 0 Å². The van der Waals surface area contributed by atoms with Crippen molar-refractivity contribution in [2.75, 3.05) is 0 Å². The number of benzene rings is 4. The molecule has 0 aliphatic heterocycles. The molecule has 4 aromatic carbocycles. The van der Waals surface area contributed by atoms with Gasteiger partial charge in [-0.05, 0) is 46.5 Å². The summed E-state index contributed by atoms with van der Waals surface area (Å²) in [5.41, 5.74) is 6.17. The van der Waals surface area contributed by atoms with Gasteiger partial charge >= 0.3 is 0 Å². The number of aliphatic hydroxyl groups is 2. The maximum atomic E-state index is 10.6. The molecule has 2 heterocycles. The monoisotopic (exact) mass is 622 g/mol. The van der Waals surface area contributed by atoms with Gasteiger partial charge in [0, 0.05) is 19.5 Å². The molecule has 4 unspecified atom stereocenters. The van der Waals surface area contributed by atoms with Gasteiger partial charge in [0.05, 0.1) is 44.5 Å². The van der Waals surface area contributed by atoms with Crippen LogP contribution in [0.15, 0.2) is 109 Å². The fourth-order valence-corrected chi connectivity index (χ4v) is 7.53. The molecular formula is C34H26N2O2S2Zn. The van der Waals surface area contributed by atoms with Gasteiger partial charge in [-0.3, -0.25) is 0 Å². The Balaban J connectivity index is 0.000000144. The number of hydrogen-bond donors (Lipinski definition) is 2. The van der Waals surface area contributed by atoms with Crippen LogP contribution >= 0.6 is 22.7 Å². The SMILES string of the molecule is OC1c2ccccc2C=CC1c1nc2ccccc2s1.OC1c2ccccc2C=CC1c1nc2ccccc2s1.[Zn]. The van der Waals surface area contributed by atoms with Gasteiger partial charge in [0.25, 0.3) is 0 Å². The molecule has 4 nitrogen and oxygen atoms in total. The zero-order valence-corrected chi connectivity index (χ0v) is 26.8. The fraction of sp³-hybridized carbons (Fsp3) is 0.118. The van der Waals surface area contributed by atoms with E-state index < -0.39 is 12.2 Å². The Hall–Kier alpha value is -3.32. The third-order valence-electron chi connectivity index (χ3n) is 7.47. The van der Waals surface area contributed by atoms with E-state index in [1.165, 1.54) is 9.40 Å². The van der Waals surface area contributed by atoms with Crippen molar-refractivity contribution in [1.82, 2.24) is 9.97 Å². The van der Waals surface area contributed by atoms with Crippen molar-refractivity contribution in [3.63, 3.8) is 0 Å². The van der Waals surface area contributed by atoms with Crippen molar-refractivity contribution in [2.45, 2.75) is 24.0 Å². The molecule has 198 valence electrons. The quantitative estimate of drug-likeness (QED) is 0.191. The van der Waals surface area contributed by atoms with Crippen LogP contribution in [-0.4, -0.2) is 20.2 Å². The number of fused-ring (bicyclic) bond motifs is 4. The second kappa shape index (κ2) is 11.9. The number of nitrogens with zero attached hydrogens (tertiary/aromatic N) is 2. The second-order valence-electron chi connectivity index (χ2n) is 9.96. The number of thiazole rings is 2. The van der Waals surface area contributed by atoms with E-state index in [1.54, 1.807) is 22.7 Å². The molecule has 0 saturated heterocycles. The molecule has 2 aliphatic carbocycles. The minimum absolute atomic E-state index is 0. The van der Waals surface area contributed by atoms with Gasteiger partial charge in [0.2, 0.25) is 0 Å². The minimum Gasteiger partial charge on any atom is -0.387 e. The van der Waals surface area contributed by atoms with Gasteiger partial charge in [0.15, 0.2) is 0 Å². The molecule has 7 heteroatoms. The third-order valence-corrected chi connectivity index (χ3v) is 9.74. The maximum absolute atomic E-state index is 10.6. The van der Waals surface area contributed by atoms with Crippen molar-refractivity contribution in [3.05, 3.63) is 141 Å². The zero-order chi connectivity index (χ0) is 27.1. The number of para-hydroxylation sites is 2. The smallest absolute Gasteiger partial charge is 0.104 e. The van der Waals surface area contributed by atoms with Gasteiger partial charge in [-0.25, -0.2) is 9.97 Å². The first kappa shape index (κ1) is 27.8. The molecule has 0 saturated carbocycles. The summed E-state index contributed by atoms with van der Waals surface area (Å²) in [5.74, 6) is -0.107. The Labute approximate surface area is 259 Å². The van der Waals surface area contributed by atoms with Crippen LogP contribution in [0.4, 0.5) is 0 Å². The van der Waals surface area contributed by atoms with Crippen LogP contribution in [0.25, 0.3) is 32.6 Å². The van der Waals surface area contributed by atoms with E-state index in [2.05, 4.69) is 46.4 Å². The Bertz CT molecular complexity index is 1690. The fourth-order valence-electron chi connectivity index (χ4n) is 5.38. The molecule has 4 atom stereocenters. The van der Waals surface area contributed by atoms with Crippen LogP contribution in [0.5, 0.6) is 0 Å². The first-order chi connectivity index (χ1) is 19.7. The first-order valence-electron chi connectivity index (χ1n) is 13.3. The Morgan fingerprint density at radius 3 is 1.34 bits per heavy atom. The van der Waals surface area contributed by atoms with Gasteiger partial charge in [0.1, 0.15) is 10.0 Å². The van der Waals surface area contributed by atoms with E-state index in [-0.39, 0.29) is 31.3 Å². The zero-order valence-electron chi connectivity index (χ0n) is 22.2. The van der Waals surface area contributed by atoms with Crippen molar-refractivity contribution >= 4 is 55.3 Å². The molecule has 0 radical (unpaired) electrons. The molecule has 0 spiro atoms. The minimum atomic E-state index is -0.517. The summed E-state index contributed by atoms with van der Waals surface area (Å²) < 4.78 is 2.34. The van der Waals surface area contributed by atoms with Crippen molar-refractivity contribution in [2.24, 2.45) is 0 Å². The number of rotatable bonds is 2. The van der Waals surface area contributed by atoms with Crippen LogP contribution in [0, 0.1) is 0 Å². The van der Waals surface area contributed by atoms with Crippen LogP contribution in [0.3, 0.4) is 0 Å².